The summed E-state index contributed by atoms with van der Waals surface area (Å²) in [5.74, 6) is -4.19. The van der Waals surface area contributed by atoms with Gasteiger partial charge < -0.3 is 19.3 Å². The molecule has 0 radical (unpaired) electrons. The number of hydrogen-bond acceptors (Lipinski definition) is 10. The van der Waals surface area contributed by atoms with Gasteiger partial charge in [0.2, 0.25) is 5.95 Å². The SMILES string of the molecule is Nc1nc2c(ncn2[C@@H]2C[C@H](COP(=O)(O)Oc3ccccc3F)[C@H]2COP(=O)(O)Oc2ccccc2F)c(=O)[nH]1. The van der Waals surface area contributed by atoms with E-state index in [0.717, 1.165) is 24.3 Å². The molecule has 5 rings (SSSR count). The van der Waals surface area contributed by atoms with Crippen LogP contribution in [0.25, 0.3) is 11.2 Å². The van der Waals surface area contributed by atoms with Gasteiger partial charge >= 0.3 is 15.6 Å². The largest absolute Gasteiger partial charge is 0.527 e. The molecule has 0 bridgehead atoms. The second-order valence-electron chi connectivity index (χ2n) is 9.07. The molecule has 0 spiro atoms. The smallest absolute Gasteiger partial charge is 0.401 e. The summed E-state index contributed by atoms with van der Waals surface area (Å²) in [6.07, 6.45) is 1.57. The van der Waals surface area contributed by atoms with Gasteiger partial charge in [-0.2, -0.15) is 4.98 Å². The van der Waals surface area contributed by atoms with E-state index in [2.05, 4.69) is 15.0 Å². The number of rotatable bonds is 11. The third-order valence-electron chi connectivity index (χ3n) is 6.43. The molecule has 5 N–H and O–H groups in total. The summed E-state index contributed by atoms with van der Waals surface area (Å²) in [5.41, 5.74) is 5.22. The van der Waals surface area contributed by atoms with E-state index < -0.39 is 75.4 Å². The lowest BCUT2D eigenvalue weighted by molar-refractivity contribution is -0.00458. The van der Waals surface area contributed by atoms with Crippen molar-refractivity contribution in [3.8, 4) is 11.5 Å². The summed E-state index contributed by atoms with van der Waals surface area (Å²) in [6.45, 7) is -0.872. The minimum absolute atomic E-state index is 0.00701. The number of nitrogens with two attached hydrogens (primary N) is 1. The average Bonchev–Trinajstić information content (AvgIpc) is 3.29. The number of aromatic amines is 1. The van der Waals surface area contributed by atoms with Gasteiger partial charge in [0.15, 0.2) is 34.3 Å². The van der Waals surface area contributed by atoms with Crippen molar-refractivity contribution in [2.45, 2.75) is 12.5 Å². The quantitative estimate of drug-likeness (QED) is 0.180. The molecule has 1 aliphatic carbocycles. The Bertz CT molecular complexity index is 1740. The highest BCUT2D eigenvalue weighted by molar-refractivity contribution is 7.48. The lowest BCUT2D eigenvalue weighted by Gasteiger charge is -2.45. The molecule has 2 unspecified atom stereocenters. The van der Waals surface area contributed by atoms with Crippen molar-refractivity contribution in [1.82, 2.24) is 19.5 Å². The number of nitrogens with one attached hydrogen (secondary N) is 1. The fraction of sp³-hybridized carbons (Fsp3) is 0.261. The van der Waals surface area contributed by atoms with Gasteiger partial charge in [-0.15, -0.1) is 0 Å². The highest BCUT2D eigenvalue weighted by Gasteiger charge is 2.46. The van der Waals surface area contributed by atoms with Gasteiger partial charge in [0.05, 0.1) is 19.5 Å². The molecule has 0 amide bonds. The highest BCUT2D eigenvalue weighted by atomic mass is 31.2. The Morgan fingerprint density at radius 1 is 0.976 bits per heavy atom. The number of halogens is 2. The maximum absolute atomic E-state index is 13.9. The van der Waals surface area contributed by atoms with Gasteiger partial charge in [0, 0.05) is 12.0 Å². The number of para-hydroxylation sites is 2. The van der Waals surface area contributed by atoms with Crippen molar-refractivity contribution in [2.75, 3.05) is 18.9 Å². The van der Waals surface area contributed by atoms with Gasteiger partial charge in [-0.25, -0.2) is 22.9 Å². The predicted octanol–water partition coefficient (Wildman–Crippen LogP) is 3.55. The molecular weight excluding hydrogens is 590 g/mol. The van der Waals surface area contributed by atoms with Crippen LogP contribution in [0.4, 0.5) is 14.7 Å². The van der Waals surface area contributed by atoms with Gasteiger partial charge in [-0.3, -0.25) is 28.6 Å². The number of imidazole rings is 1. The Balaban J connectivity index is 1.34. The minimum atomic E-state index is -4.84. The summed E-state index contributed by atoms with van der Waals surface area (Å²) in [5, 5.41) is 0. The third-order valence-corrected chi connectivity index (χ3v) is 8.24. The number of hydrogen-bond donors (Lipinski definition) is 4. The van der Waals surface area contributed by atoms with E-state index in [9.17, 15) is 32.5 Å². The fourth-order valence-electron chi connectivity index (χ4n) is 4.43. The van der Waals surface area contributed by atoms with E-state index in [1.165, 1.54) is 35.2 Å². The van der Waals surface area contributed by atoms with Crippen LogP contribution in [0.15, 0.2) is 59.7 Å². The van der Waals surface area contributed by atoms with Crippen LogP contribution in [0, 0.1) is 23.5 Å². The Kier molecular flexibility index (Phi) is 7.97. The number of fused-ring (bicyclic) bond motifs is 1. The summed E-state index contributed by atoms with van der Waals surface area (Å²) in [4.78, 5) is 43.1. The zero-order valence-electron chi connectivity index (χ0n) is 20.9. The van der Waals surface area contributed by atoms with Gasteiger partial charge in [-0.05, 0) is 36.6 Å². The van der Waals surface area contributed by atoms with Crippen LogP contribution in [-0.2, 0) is 18.2 Å². The number of benzene rings is 2. The second kappa shape index (κ2) is 11.3. The molecule has 2 aromatic heterocycles. The van der Waals surface area contributed by atoms with Crippen LogP contribution >= 0.6 is 15.6 Å². The van der Waals surface area contributed by atoms with E-state index in [-0.39, 0.29) is 23.5 Å². The molecule has 1 fully saturated rings. The van der Waals surface area contributed by atoms with Crippen LogP contribution in [-0.4, -0.2) is 42.5 Å². The lowest BCUT2D eigenvalue weighted by Crippen LogP contribution is -2.43. The van der Waals surface area contributed by atoms with Crippen LogP contribution in [0.5, 0.6) is 11.5 Å². The second-order valence-corrected chi connectivity index (χ2v) is 11.8. The summed E-state index contributed by atoms with van der Waals surface area (Å²) < 4.78 is 74.4. The monoisotopic (exact) mass is 613 g/mol. The predicted molar refractivity (Wildman–Crippen MR) is 139 cm³/mol. The Morgan fingerprint density at radius 2 is 1.54 bits per heavy atom. The van der Waals surface area contributed by atoms with Crippen LogP contribution in [0.1, 0.15) is 12.5 Å². The topological polar surface area (TPSA) is 201 Å². The number of nitrogens with zero attached hydrogens (tertiary/aromatic N) is 3. The molecule has 0 aliphatic heterocycles. The first-order chi connectivity index (χ1) is 19.4. The molecule has 41 heavy (non-hydrogen) atoms. The standard InChI is InChI=1S/C23H23F2N5O9P2/c24-15-5-1-3-7-18(15)38-40(32,33)36-10-13-9-17(30-12-27-20-21(30)28-23(26)29-22(20)31)14(13)11-37-41(34,35)39-19-8-4-2-6-16(19)25/h1-8,12-14,17H,9-11H2,(H,32,33)(H,34,35)(H3,26,28,29,31)/t13-,14-,17-/m1/s1. The molecule has 2 heterocycles. The van der Waals surface area contributed by atoms with Crippen molar-refractivity contribution in [3.63, 3.8) is 0 Å². The molecule has 1 aliphatic rings. The molecule has 4 aromatic rings. The Morgan fingerprint density at radius 3 is 2.12 bits per heavy atom. The Labute approximate surface area is 229 Å². The van der Waals surface area contributed by atoms with Crippen molar-refractivity contribution in [2.24, 2.45) is 11.8 Å². The first kappa shape index (κ1) is 28.9. The number of anilines is 1. The van der Waals surface area contributed by atoms with E-state index >= 15 is 0 Å². The first-order valence-electron chi connectivity index (χ1n) is 12.0. The van der Waals surface area contributed by atoms with E-state index in [4.69, 9.17) is 23.8 Å². The molecule has 18 heteroatoms. The van der Waals surface area contributed by atoms with Crippen LogP contribution in [0.2, 0.25) is 0 Å². The summed E-state index contributed by atoms with van der Waals surface area (Å²) in [7, 11) is -9.62. The maximum atomic E-state index is 13.9. The van der Waals surface area contributed by atoms with Crippen molar-refractivity contribution >= 4 is 32.8 Å². The van der Waals surface area contributed by atoms with Crippen LogP contribution < -0.4 is 20.3 Å². The lowest BCUT2D eigenvalue weighted by atomic mass is 9.70. The number of H-pyrrole nitrogens is 1. The fourth-order valence-corrected chi connectivity index (χ4v) is 6.07. The maximum Gasteiger partial charge on any atom is 0.527 e. The highest BCUT2D eigenvalue weighted by Crippen LogP contribution is 2.52. The van der Waals surface area contributed by atoms with Gasteiger partial charge in [-0.1, -0.05) is 24.3 Å². The van der Waals surface area contributed by atoms with Crippen LogP contribution in [0.3, 0.4) is 0 Å². The van der Waals surface area contributed by atoms with E-state index in [1.807, 2.05) is 0 Å². The molecule has 218 valence electrons. The zero-order valence-corrected chi connectivity index (χ0v) is 22.7. The first-order valence-corrected chi connectivity index (χ1v) is 15.0. The number of nitrogen functional groups attached to an aromatic ring is 1. The molecule has 0 saturated heterocycles. The zero-order chi connectivity index (χ0) is 29.4. The van der Waals surface area contributed by atoms with Crippen molar-refractivity contribution in [1.29, 1.82) is 0 Å². The minimum Gasteiger partial charge on any atom is -0.401 e. The average molecular weight is 613 g/mol. The van der Waals surface area contributed by atoms with Gasteiger partial charge in [0.1, 0.15) is 0 Å². The number of phosphoric acid groups is 2. The normalized spacial score (nSPS) is 21.5. The molecule has 2 aromatic carbocycles. The van der Waals surface area contributed by atoms with Gasteiger partial charge in [0.25, 0.3) is 5.56 Å². The number of phosphoric ester groups is 2. The van der Waals surface area contributed by atoms with Crippen molar-refractivity contribution < 1.29 is 45.8 Å². The molecule has 5 atom stereocenters. The summed E-state index contributed by atoms with van der Waals surface area (Å²) in [6, 6.07) is 9.35. The van der Waals surface area contributed by atoms with Crippen molar-refractivity contribution in [3.05, 3.63) is 76.8 Å². The Hall–Kier alpha value is -3.65. The third kappa shape index (κ3) is 6.48. The summed E-state index contributed by atoms with van der Waals surface area (Å²) >= 11 is 0. The molecule has 1 saturated carbocycles. The van der Waals surface area contributed by atoms with E-state index in [1.54, 1.807) is 0 Å². The van der Waals surface area contributed by atoms with E-state index in [0.29, 0.717) is 0 Å². The molecule has 14 nitrogen and oxygen atoms in total. The number of aromatic nitrogens is 4. The molecular formula is C23H23F2N5O9P2.